The largest absolute Gasteiger partial charge is 0.404 e. The summed E-state index contributed by atoms with van der Waals surface area (Å²) in [6.45, 7) is 4.94. The molecule has 2 aromatic heterocycles. The quantitative estimate of drug-likeness (QED) is 0.593. The number of hydrogen-bond donors (Lipinski definition) is 1. The SMILES string of the molecule is C=C/C(=C\C(=C/N)S(=O)(=O)N1CCCC1)c1ccc2nccc(-c3ccncc3)c2c1. The van der Waals surface area contributed by atoms with Gasteiger partial charge in [0.05, 0.1) is 10.4 Å². The Balaban J connectivity index is 1.80. The number of fused-ring (bicyclic) bond motifs is 1. The third kappa shape index (κ3) is 4.15. The molecule has 1 fully saturated rings. The zero-order valence-electron chi connectivity index (χ0n) is 17.1. The first kappa shape index (κ1) is 21.0. The zero-order valence-corrected chi connectivity index (χ0v) is 17.9. The predicted octanol–water partition coefficient (Wildman–Crippen LogP) is 4.09. The Morgan fingerprint density at radius 1 is 1.06 bits per heavy atom. The van der Waals surface area contributed by atoms with Crippen LogP contribution in [0.2, 0.25) is 0 Å². The topological polar surface area (TPSA) is 89.2 Å². The average molecular weight is 433 g/mol. The maximum Gasteiger partial charge on any atom is 0.244 e. The molecule has 31 heavy (non-hydrogen) atoms. The molecule has 0 radical (unpaired) electrons. The van der Waals surface area contributed by atoms with Crippen molar-refractivity contribution in [3.63, 3.8) is 0 Å². The minimum atomic E-state index is -3.63. The third-order valence-corrected chi connectivity index (χ3v) is 7.35. The standard InChI is InChI=1S/C24H24N4O2S/c1-2-18(15-21(17-25)31(29,30)28-13-3-4-14-28)20-5-6-24-23(16-20)22(9-12-27-24)19-7-10-26-11-8-19/h2,5-12,15-17H,1,3-4,13-14,25H2/b18-15+,21-17+. The number of sulfonamides is 1. The summed E-state index contributed by atoms with van der Waals surface area (Å²) in [7, 11) is -3.63. The Bertz CT molecular complexity index is 1280. The summed E-state index contributed by atoms with van der Waals surface area (Å²) in [5.41, 5.74) is 10.1. The number of aromatic nitrogens is 2. The summed E-state index contributed by atoms with van der Waals surface area (Å²) in [5, 5.41) is 0.958. The van der Waals surface area contributed by atoms with Crippen molar-refractivity contribution in [2.75, 3.05) is 13.1 Å². The summed E-state index contributed by atoms with van der Waals surface area (Å²) in [6.07, 6.45) is 11.4. The van der Waals surface area contributed by atoms with Gasteiger partial charge in [-0.05, 0) is 71.5 Å². The summed E-state index contributed by atoms with van der Waals surface area (Å²) in [6, 6.07) is 11.7. The Kier molecular flexibility index (Phi) is 5.97. The molecular formula is C24H24N4O2S. The molecule has 0 bridgehead atoms. The Morgan fingerprint density at radius 3 is 2.48 bits per heavy atom. The number of hydrogen-bond acceptors (Lipinski definition) is 5. The molecule has 0 amide bonds. The molecule has 1 saturated heterocycles. The molecule has 3 aromatic rings. The van der Waals surface area contributed by atoms with Crippen molar-refractivity contribution < 1.29 is 8.42 Å². The number of nitrogens with two attached hydrogens (primary N) is 1. The second-order valence-electron chi connectivity index (χ2n) is 7.31. The molecule has 0 atom stereocenters. The van der Waals surface area contributed by atoms with Crippen LogP contribution in [0.15, 0.2) is 84.8 Å². The molecule has 0 spiro atoms. The van der Waals surface area contributed by atoms with E-state index in [1.165, 1.54) is 4.31 Å². The van der Waals surface area contributed by atoms with E-state index in [4.69, 9.17) is 5.73 Å². The van der Waals surface area contributed by atoms with Gasteiger partial charge in [-0.1, -0.05) is 18.7 Å². The molecule has 1 aliphatic heterocycles. The minimum Gasteiger partial charge on any atom is -0.404 e. The molecule has 158 valence electrons. The van der Waals surface area contributed by atoms with E-state index < -0.39 is 10.0 Å². The number of allylic oxidation sites excluding steroid dienone is 3. The van der Waals surface area contributed by atoms with Crippen LogP contribution in [-0.4, -0.2) is 35.8 Å². The van der Waals surface area contributed by atoms with E-state index in [9.17, 15) is 8.42 Å². The molecular weight excluding hydrogens is 408 g/mol. The molecule has 0 aliphatic carbocycles. The van der Waals surface area contributed by atoms with Crippen LogP contribution in [0.4, 0.5) is 0 Å². The van der Waals surface area contributed by atoms with Crippen LogP contribution in [0.3, 0.4) is 0 Å². The highest BCUT2D eigenvalue weighted by Gasteiger charge is 2.28. The summed E-state index contributed by atoms with van der Waals surface area (Å²) < 4.78 is 27.4. The Hall–Kier alpha value is -3.29. The van der Waals surface area contributed by atoms with E-state index in [1.807, 2.05) is 36.4 Å². The van der Waals surface area contributed by atoms with Crippen LogP contribution in [-0.2, 0) is 10.0 Å². The van der Waals surface area contributed by atoms with Gasteiger partial charge in [0.15, 0.2) is 0 Å². The molecule has 6 nitrogen and oxygen atoms in total. The van der Waals surface area contributed by atoms with E-state index in [1.54, 1.807) is 30.7 Å². The normalized spacial score (nSPS) is 16.0. The van der Waals surface area contributed by atoms with Crippen LogP contribution in [0.1, 0.15) is 18.4 Å². The zero-order chi connectivity index (χ0) is 21.8. The molecule has 0 saturated carbocycles. The molecule has 1 aromatic carbocycles. The van der Waals surface area contributed by atoms with Crippen LogP contribution in [0.25, 0.3) is 27.6 Å². The second-order valence-corrected chi connectivity index (χ2v) is 9.25. The van der Waals surface area contributed by atoms with Gasteiger partial charge in [0.25, 0.3) is 0 Å². The number of nitrogens with zero attached hydrogens (tertiary/aromatic N) is 3. The predicted molar refractivity (Wildman–Crippen MR) is 125 cm³/mol. The van der Waals surface area contributed by atoms with Gasteiger partial charge in [-0.3, -0.25) is 9.97 Å². The minimum absolute atomic E-state index is 0.0740. The average Bonchev–Trinajstić information content (AvgIpc) is 3.36. The van der Waals surface area contributed by atoms with Gasteiger partial charge >= 0.3 is 0 Å². The molecule has 1 aliphatic rings. The third-order valence-electron chi connectivity index (χ3n) is 5.45. The van der Waals surface area contributed by atoms with E-state index >= 15 is 0 Å². The lowest BCUT2D eigenvalue weighted by Gasteiger charge is -2.16. The monoisotopic (exact) mass is 432 g/mol. The van der Waals surface area contributed by atoms with E-state index in [0.717, 1.165) is 46.6 Å². The van der Waals surface area contributed by atoms with E-state index in [2.05, 4.69) is 16.5 Å². The maximum atomic E-state index is 13.0. The van der Waals surface area contributed by atoms with Crippen LogP contribution >= 0.6 is 0 Å². The van der Waals surface area contributed by atoms with Gasteiger partial charge in [-0.2, -0.15) is 4.31 Å². The van der Waals surface area contributed by atoms with Crippen LogP contribution in [0.5, 0.6) is 0 Å². The first-order chi connectivity index (χ1) is 15.0. The fourth-order valence-corrected chi connectivity index (χ4v) is 5.29. The van der Waals surface area contributed by atoms with E-state index in [0.29, 0.717) is 18.7 Å². The van der Waals surface area contributed by atoms with Crippen LogP contribution < -0.4 is 5.73 Å². The Morgan fingerprint density at radius 2 is 1.81 bits per heavy atom. The van der Waals surface area contributed by atoms with Crippen molar-refractivity contribution in [2.45, 2.75) is 12.8 Å². The first-order valence-corrected chi connectivity index (χ1v) is 11.5. The second kappa shape index (κ2) is 8.83. The Labute approximate surface area is 182 Å². The van der Waals surface area contributed by atoms with Gasteiger partial charge in [-0.25, -0.2) is 8.42 Å². The highest BCUT2D eigenvalue weighted by Crippen LogP contribution is 2.31. The molecule has 2 N–H and O–H groups in total. The molecule has 0 unspecified atom stereocenters. The van der Waals surface area contributed by atoms with Crippen LogP contribution in [0, 0.1) is 0 Å². The van der Waals surface area contributed by atoms with Gasteiger partial charge in [0.2, 0.25) is 10.0 Å². The number of rotatable bonds is 6. The molecule has 3 heterocycles. The first-order valence-electron chi connectivity index (χ1n) is 10.1. The summed E-state index contributed by atoms with van der Waals surface area (Å²) in [4.78, 5) is 8.63. The number of benzene rings is 1. The smallest absolute Gasteiger partial charge is 0.244 e. The summed E-state index contributed by atoms with van der Waals surface area (Å²) in [5.74, 6) is 0. The fraction of sp³-hybridized carbons (Fsp3) is 0.167. The molecule has 7 heteroatoms. The lowest BCUT2D eigenvalue weighted by Crippen LogP contribution is -2.29. The summed E-state index contributed by atoms with van der Waals surface area (Å²) >= 11 is 0. The number of pyridine rings is 2. The van der Waals surface area contributed by atoms with Gasteiger partial charge in [0.1, 0.15) is 0 Å². The van der Waals surface area contributed by atoms with Crippen molar-refractivity contribution in [1.29, 1.82) is 0 Å². The van der Waals surface area contributed by atoms with Crippen molar-refractivity contribution in [3.05, 3.63) is 90.4 Å². The van der Waals surface area contributed by atoms with Gasteiger partial charge < -0.3 is 5.73 Å². The fourth-order valence-electron chi connectivity index (χ4n) is 3.81. The van der Waals surface area contributed by atoms with Crippen molar-refractivity contribution in [2.24, 2.45) is 5.73 Å². The van der Waals surface area contributed by atoms with Crippen molar-refractivity contribution in [3.8, 4) is 11.1 Å². The lowest BCUT2D eigenvalue weighted by atomic mass is 9.97. The van der Waals surface area contributed by atoms with Crippen molar-refractivity contribution >= 4 is 26.5 Å². The highest BCUT2D eigenvalue weighted by molar-refractivity contribution is 7.93. The lowest BCUT2D eigenvalue weighted by molar-refractivity contribution is 0.484. The molecule has 4 rings (SSSR count). The maximum absolute atomic E-state index is 13.0. The van der Waals surface area contributed by atoms with Crippen molar-refractivity contribution in [1.82, 2.24) is 14.3 Å². The highest BCUT2D eigenvalue weighted by atomic mass is 32.2. The van der Waals surface area contributed by atoms with E-state index in [-0.39, 0.29) is 4.91 Å². The van der Waals surface area contributed by atoms with Gasteiger partial charge in [0, 0.05) is 43.3 Å². The van der Waals surface area contributed by atoms with Gasteiger partial charge in [-0.15, -0.1) is 0 Å².